The van der Waals surface area contributed by atoms with Crippen LogP contribution in [0.4, 0.5) is 0 Å². The maximum absolute atomic E-state index is 11.8. The molecule has 2 heterocycles. The first kappa shape index (κ1) is 13.1. The van der Waals surface area contributed by atoms with Crippen molar-refractivity contribution in [3.05, 3.63) is 77.4 Å². The molecule has 2 aromatic rings. The number of primary amides is 1. The van der Waals surface area contributed by atoms with Crippen LogP contribution in [0.15, 0.2) is 60.6 Å². The zero-order chi connectivity index (χ0) is 14.7. The molecule has 0 fully saturated rings. The van der Waals surface area contributed by atoms with Gasteiger partial charge in [-0.25, -0.2) is 0 Å². The van der Waals surface area contributed by atoms with E-state index in [0.717, 1.165) is 11.1 Å². The van der Waals surface area contributed by atoms with Gasteiger partial charge in [0, 0.05) is 18.9 Å². The van der Waals surface area contributed by atoms with E-state index in [4.69, 9.17) is 5.73 Å². The maximum Gasteiger partial charge on any atom is 0.265 e. The summed E-state index contributed by atoms with van der Waals surface area (Å²) in [6.45, 7) is 0.619. The van der Waals surface area contributed by atoms with Crippen LogP contribution in [0.25, 0.3) is 12.2 Å². The van der Waals surface area contributed by atoms with Gasteiger partial charge in [0.05, 0.1) is 5.69 Å². The lowest BCUT2D eigenvalue weighted by Gasteiger charge is -2.26. The van der Waals surface area contributed by atoms with Gasteiger partial charge in [-0.2, -0.15) is 0 Å². The van der Waals surface area contributed by atoms with Crippen molar-refractivity contribution in [2.24, 2.45) is 5.73 Å². The quantitative estimate of drug-likeness (QED) is 0.876. The zero-order valence-electron chi connectivity index (χ0n) is 11.4. The van der Waals surface area contributed by atoms with E-state index in [1.165, 1.54) is 0 Å². The highest BCUT2D eigenvalue weighted by Crippen LogP contribution is 2.23. The summed E-state index contributed by atoms with van der Waals surface area (Å²) in [4.78, 5) is 17.8. The molecule has 0 atom stereocenters. The monoisotopic (exact) mass is 277 g/mol. The van der Waals surface area contributed by atoms with Gasteiger partial charge in [0.1, 0.15) is 5.70 Å². The maximum atomic E-state index is 11.8. The molecule has 3 rings (SSSR count). The van der Waals surface area contributed by atoms with Crippen molar-refractivity contribution in [2.45, 2.75) is 6.54 Å². The Morgan fingerprint density at radius 2 is 2.00 bits per heavy atom. The largest absolute Gasteiger partial charge is 0.364 e. The van der Waals surface area contributed by atoms with E-state index in [2.05, 4.69) is 11.1 Å². The molecule has 21 heavy (non-hydrogen) atoms. The van der Waals surface area contributed by atoms with Crippen molar-refractivity contribution in [1.29, 1.82) is 0 Å². The van der Waals surface area contributed by atoms with Crippen molar-refractivity contribution in [3.8, 4) is 0 Å². The Kier molecular flexibility index (Phi) is 3.51. The highest BCUT2D eigenvalue weighted by atomic mass is 16.1. The Morgan fingerprint density at radius 1 is 1.19 bits per heavy atom. The average Bonchev–Trinajstić information content (AvgIpc) is 2.53. The molecule has 1 amide bonds. The molecule has 1 aromatic carbocycles. The molecule has 0 bridgehead atoms. The van der Waals surface area contributed by atoms with E-state index in [1.807, 2.05) is 53.6 Å². The van der Waals surface area contributed by atoms with Gasteiger partial charge in [-0.3, -0.25) is 9.78 Å². The van der Waals surface area contributed by atoms with Gasteiger partial charge in [-0.1, -0.05) is 30.3 Å². The van der Waals surface area contributed by atoms with Crippen LogP contribution in [0, 0.1) is 0 Å². The molecule has 0 aliphatic carbocycles. The minimum Gasteiger partial charge on any atom is -0.364 e. The van der Waals surface area contributed by atoms with Crippen molar-refractivity contribution >= 4 is 18.1 Å². The minimum atomic E-state index is -0.468. The van der Waals surface area contributed by atoms with Gasteiger partial charge in [-0.05, 0) is 35.4 Å². The van der Waals surface area contributed by atoms with E-state index in [1.54, 1.807) is 12.3 Å². The molecule has 4 heteroatoms. The van der Waals surface area contributed by atoms with Gasteiger partial charge < -0.3 is 10.6 Å². The fourth-order valence-electron chi connectivity index (χ4n) is 2.31. The van der Waals surface area contributed by atoms with Crippen molar-refractivity contribution in [2.75, 3.05) is 0 Å². The second-order valence-electron chi connectivity index (χ2n) is 4.79. The van der Waals surface area contributed by atoms with Gasteiger partial charge in [0.25, 0.3) is 5.91 Å². The SMILES string of the molecule is NC(=O)C(=Cc1ccccn1)N1C=Cc2ccccc2C1. The Balaban J connectivity index is 1.94. The van der Waals surface area contributed by atoms with Crippen molar-refractivity contribution < 1.29 is 4.79 Å². The Bertz CT molecular complexity index is 720. The van der Waals surface area contributed by atoms with Gasteiger partial charge in [0.2, 0.25) is 0 Å². The lowest BCUT2D eigenvalue weighted by atomic mass is 10.0. The fraction of sp³-hybridized carbons (Fsp3) is 0.0588. The first-order valence-corrected chi connectivity index (χ1v) is 6.69. The summed E-state index contributed by atoms with van der Waals surface area (Å²) < 4.78 is 0. The number of hydrogen-bond acceptors (Lipinski definition) is 3. The molecule has 0 spiro atoms. The molecule has 104 valence electrons. The summed E-state index contributed by atoms with van der Waals surface area (Å²) in [7, 11) is 0. The lowest BCUT2D eigenvalue weighted by molar-refractivity contribution is -0.115. The molecular formula is C17H15N3O. The standard InChI is InChI=1S/C17H15N3O/c18-17(21)16(11-15-7-3-4-9-19-15)20-10-8-13-5-1-2-6-14(13)12-20/h1-11H,12H2,(H2,18,21). The third kappa shape index (κ3) is 2.84. The predicted molar refractivity (Wildman–Crippen MR) is 82.4 cm³/mol. The summed E-state index contributed by atoms with van der Waals surface area (Å²) in [5, 5.41) is 0. The van der Waals surface area contributed by atoms with Gasteiger partial charge in [-0.15, -0.1) is 0 Å². The molecule has 4 nitrogen and oxygen atoms in total. The topological polar surface area (TPSA) is 59.2 Å². The zero-order valence-corrected chi connectivity index (χ0v) is 11.4. The summed E-state index contributed by atoms with van der Waals surface area (Å²) >= 11 is 0. The van der Waals surface area contributed by atoms with E-state index in [0.29, 0.717) is 17.9 Å². The Morgan fingerprint density at radius 3 is 2.76 bits per heavy atom. The summed E-state index contributed by atoms with van der Waals surface area (Å²) in [5.41, 5.74) is 8.98. The predicted octanol–water partition coefficient (Wildman–Crippen LogP) is 2.39. The molecule has 1 aliphatic rings. The van der Waals surface area contributed by atoms with E-state index >= 15 is 0 Å². The molecule has 1 aliphatic heterocycles. The Hall–Kier alpha value is -2.88. The number of carbonyl (C=O) groups excluding carboxylic acids is 1. The van der Waals surface area contributed by atoms with Gasteiger partial charge >= 0.3 is 0 Å². The van der Waals surface area contributed by atoms with Crippen LogP contribution in [-0.4, -0.2) is 15.8 Å². The number of nitrogens with zero attached hydrogens (tertiary/aromatic N) is 2. The fourth-order valence-corrected chi connectivity index (χ4v) is 2.31. The first-order chi connectivity index (χ1) is 10.2. The number of hydrogen-bond donors (Lipinski definition) is 1. The van der Waals surface area contributed by atoms with Crippen LogP contribution in [-0.2, 0) is 11.3 Å². The number of carbonyl (C=O) groups is 1. The minimum absolute atomic E-state index is 0.430. The van der Waals surface area contributed by atoms with Crippen molar-refractivity contribution in [3.63, 3.8) is 0 Å². The number of pyridine rings is 1. The second kappa shape index (κ2) is 5.63. The van der Waals surface area contributed by atoms with Crippen LogP contribution in [0.2, 0.25) is 0 Å². The van der Waals surface area contributed by atoms with Crippen molar-refractivity contribution in [1.82, 2.24) is 9.88 Å². The third-order valence-corrected chi connectivity index (χ3v) is 3.36. The number of amides is 1. The van der Waals surface area contributed by atoms with Crippen LogP contribution in [0.1, 0.15) is 16.8 Å². The molecule has 0 saturated carbocycles. The number of rotatable bonds is 3. The number of benzene rings is 1. The highest BCUT2D eigenvalue weighted by Gasteiger charge is 2.17. The summed E-state index contributed by atoms with van der Waals surface area (Å²) in [5.74, 6) is -0.468. The van der Waals surface area contributed by atoms with Crippen LogP contribution >= 0.6 is 0 Å². The lowest BCUT2D eigenvalue weighted by Crippen LogP contribution is -2.28. The van der Waals surface area contributed by atoms with E-state index in [-0.39, 0.29) is 0 Å². The number of aromatic nitrogens is 1. The first-order valence-electron chi connectivity index (χ1n) is 6.69. The molecular weight excluding hydrogens is 262 g/mol. The number of fused-ring (bicyclic) bond motifs is 1. The van der Waals surface area contributed by atoms with E-state index in [9.17, 15) is 4.79 Å². The van der Waals surface area contributed by atoms with E-state index < -0.39 is 5.91 Å². The summed E-state index contributed by atoms with van der Waals surface area (Å²) in [6, 6.07) is 13.6. The molecule has 2 N–H and O–H groups in total. The molecule has 0 radical (unpaired) electrons. The number of nitrogens with two attached hydrogens (primary N) is 1. The smallest absolute Gasteiger partial charge is 0.265 e. The molecule has 0 unspecified atom stereocenters. The Labute approximate surface area is 123 Å². The summed E-state index contributed by atoms with van der Waals surface area (Å²) in [6.07, 6.45) is 7.25. The third-order valence-electron chi connectivity index (χ3n) is 3.36. The average molecular weight is 277 g/mol. The molecule has 0 saturated heterocycles. The van der Waals surface area contributed by atoms with Crippen LogP contribution < -0.4 is 5.73 Å². The highest BCUT2D eigenvalue weighted by molar-refractivity contribution is 5.96. The molecule has 1 aromatic heterocycles. The van der Waals surface area contributed by atoms with Crippen LogP contribution in [0.3, 0.4) is 0 Å². The van der Waals surface area contributed by atoms with Gasteiger partial charge in [0.15, 0.2) is 0 Å². The normalized spacial score (nSPS) is 13.9. The van der Waals surface area contributed by atoms with Crippen LogP contribution in [0.5, 0.6) is 0 Å². The second-order valence-corrected chi connectivity index (χ2v) is 4.79.